The molecule has 2 amide bonds. The maximum absolute atomic E-state index is 12.8. The van der Waals surface area contributed by atoms with E-state index in [2.05, 4.69) is 10.5 Å². The number of para-hydroxylation sites is 1. The SMILES string of the molecule is Cc1cc(COC(=O)[C@@H]2N3C(=O)[C@@H](NC(=O)COc4ccccc4)[C@H]3SC2(C)C)no1. The summed E-state index contributed by atoms with van der Waals surface area (Å²) in [5.41, 5.74) is 0.504. The highest BCUT2D eigenvalue weighted by Gasteiger charge is 2.64. The first-order chi connectivity index (χ1) is 14.8. The Hall–Kier alpha value is -3.01. The van der Waals surface area contributed by atoms with E-state index < -0.39 is 28.7 Å². The van der Waals surface area contributed by atoms with Crippen molar-refractivity contribution in [3.05, 3.63) is 47.9 Å². The standard InChI is InChI=1S/C21H23N3O6S/c1-12-9-13(23-30-12)10-29-20(27)17-21(2,3)31-19-16(18(26)24(17)19)22-15(25)11-28-14-7-5-4-6-8-14/h4-9,16-17,19H,10-11H2,1-3H3,(H,22,25)/t16-,17+,19-/m1/s1. The second-order valence-corrected chi connectivity index (χ2v) is 9.71. The second-order valence-electron chi connectivity index (χ2n) is 7.94. The zero-order valence-electron chi connectivity index (χ0n) is 17.4. The number of fused-ring (bicyclic) bond motifs is 1. The molecular weight excluding hydrogens is 422 g/mol. The monoisotopic (exact) mass is 445 g/mol. The Labute approximate surface area is 183 Å². The maximum atomic E-state index is 12.8. The van der Waals surface area contributed by atoms with E-state index >= 15 is 0 Å². The number of aromatic nitrogens is 1. The van der Waals surface area contributed by atoms with Gasteiger partial charge in [-0.2, -0.15) is 0 Å². The number of hydrogen-bond donors (Lipinski definition) is 1. The van der Waals surface area contributed by atoms with Crippen molar-refractivity contribution in [2.24, 2.45) is 0 Å². The van der Waals surface area contributed by atoms with Gasteiger partial charge < -0.3 is 24.2 Å². The van der Waals surface area contributed by atoms with E-state index in [-0.39, 0.29) is 24.5 Å². The summed E-state index contributed by atoms with van der Waals surface area (Å²) in [6.45, 7) is 5.28. The van der Waals surface area contributed by atoms with Crippen LogP contribution in [0, 0.1) is 6.92 Å². The molecule has 2 saturated heterocycles. The molecule has 3 atom stereocenters. The Morgan fingerprint density at radius 2 is 2.03 bits per heavy atom. The molecule has 0 radical (unpaired) electrons. The molecule has 0 bridgehead atoms. The van der Waals surface area contributed by atoms with Gasteiger partial charge in [-0.25, -0.2) is 4.79 Å². The minimum absolute atomic E-state index is 0.0306. The molecule has 1 aromatic carbocycles. The van der Waals surface area contributed by atoms with Gasteiger partial charge in [0.15, 0.2) is 6.61 Å². The molecule has 4 rings (SSSR count). The highest BCUT2D eigenvalue weighted by atomic mass is 32.2. The lowest BCUT2D eigenvalue weighted by Gasteiger charge is -2.43. The van der Waals surface area contributed by atoms with Gasteiger partial charge in [-0.3, -0.25) is 9.59 Å². The summed E-state index contributed by atoms with van der Waals surface area (Å²) < 4.78 is 15.2. The Morgan fingerprint density at radius 1 is 1.29 bits per heavy atom. The van der Waals surface area contributed by atoms with Gasteiger partial charge in [0.1, 0.15) is 41.3 Å². The molecule has 2 aliphatic heterocycles. The Bertz CT molecular complexity index is 992. The van der Waals surface area contributed by atoms with Gasteiger partial charge in [-0.15, -0.1) is 11.8 Å². The molecule has 164 valence electrons. The molecular formula is C21H23N3O6S. The van der Waals surface area contributed by atoms with Crippen molar-refractivity contribution < 1.29 is 28.4 Å². The normalized spacial score (nSPS) is 23.6. The van der Waals surface area contributed by atoms with Crippen molar-refractivity contribution in [1.82, 2.24) is 15.4 Å². The number of ether oxygens (including phenoxy) is 2. The zero-order chi connectivity index (χ0) is 22.2. The quantitative estimate of drug-likeness (QED) is 0.506. The molecule has 9 nitrogen and oxygen atoms in total. The fraction of sp³-hybridized carbons (Fsp3) is 0.429. The molecule has 0 aliphatic carbocycles. The maximum Gasteiger partial charge on any atom is 0.330 e. The number of thioether (sulfide) groups is 1. The fourth-order valence-electron chi connectivity index (χ4n) is 3.72. The topological polar surface area (TPSA) is 111 Å². The van der Waals surface area contributed by atoms with Gasteiger partial charge in [-0.05, 0) is 32.9 Å². The van der Waals surface area contributed by atoms with Crippen molar-refractivity contribution in [3.8, 4) is 5.75 Å². The summed E-state index contributed by atoms with van der Waals surface area (Å²) in [7, 11) is 0. The third-order valence-electron chi connectivity index (χ3n) is 5.13. The highest BCUT2D eigenvalue weighted by molar-refractivity contribution is 8.01. The molecule has 0 unspecified atom stereocenters. The summed E-state index contributed by atoms with van der Waals surface area (Å²) in [6, 6.07) is 9.18. The van der Waals surface area contributed by atoms with Crippen molar-refractivity contribution in [1.29, 1.82) is 0 Å². The lowest BCUT2D eigenvalue weighted by Crippen LogP contribution is -2.71. The van der Waals surface area contributed by atoms with Crippen LogP contribution in [0.5, 0.6) is 5.75 Å². The Kier molecular flexibility index (Phi) is 5.65. The lowest BCUT2D eigenvalue weighted by molar-refractivity contribution is -0.165. The number of amides is 2. The summed E-state index contributed by atoms with van der Waals surface area (Å²) in [4.78, 5) is 39.3. The molecule has 2 fully saturated rings. The first-order valence-corrected chi connectivity index (χ1v) is 10.7. The third kappa shape index (κ3) is 4.25. The van der Waals surface area contributed by atoms with Gasteiger partial charge in [0.05, 0.1) is 0 Å². The van der Waals surface area contributed by atoms with Gasteiger partial charge in [0.2, 0.25) is 5.91 Å². The highest BCUT2D eigenvalue weighted by Crippen LogP contribution is 2.51. The third-order valence-corrected chi connectivity index (χ3v) is 6.70. The van der Waals surface area contributed by atoms with Gasteiger partial charge >= 0.3 is 5.97 Å². The van der Waals surface area contributed by atoms with Crippen LogP contribution in [0.15, 0.2) is 40.9 Å². The molecule has 2 aromatic rings. The van der Waals surface area contributed by atoms with Crippen molar-refractivity contribution in [3.63, 3.8) is 0 Å². The summed E-state index contributed by atoms with van der Waals surface area (Å²) in [5, 5.41) is 6.18. The molecule has 1 aromatic heterocycles. The molecule has 10 heteroatoms. The number of aryl methyl sites for hydroxylation is 1. The Balaban J connectivity index is 1.34. The van der Waals surface area contributed by atoms with Crippen molar-refractivity contribution in [2.75, 3.05) is 6.61 Å². The number of hydrogen-bond acceptors (Lipinski definition) is 8. The van der Waals surface area contributed by atoms with Crippen LogP contribution in [-0.2, 0) is 25.7 Å². The second kappa shape index (κ2) is 8.26. The summed E-state index contributed by atoms with van der Waals surface area (Å²) >= 11 is 1.46. The van der Waals surface area contributed by atoms with Crippen molar-refractivity contribution in [2.45, 2.75) is 49.6 Å². The van der Waals surface area contributed by atoms with Crippen molar-refractivity contribution >= 4 is 29.5 Å². The minimum Gasteiger partial charge on any atom is -0.484 e. The van der Waals surface area contributed by atoms with E-state index in [4.69, 9.17) is 14.0 Å². The number of carbonyl (C=O) groups excluding carboxylic acids is 3. The van der Waals surface area contributed by atoms with Crippen LogP contribution in [0.2, 0.25) is 0 Å². The largest absolute Gasteiger partial charge is 0.484 e. The molecule has 2 aliphatic rings. The smallest absolute Gasteiger partial charge is 0.330 e. The Morgan fingerprint density at radius 3 is 2.71 bits per heavy atom. The van der Waals surface area contributed by atoms with E-state index in [0.717, 1.165) is 0 Å². The summed E-state index contributed by atoms with van der Waals surface area (Å²) in [5.74, 6) is -0.0226. The lowest BCUT2D eigenvalue weighted by atomic mass is 9.96. The number of esters is 1. The molecule has 0 spiro atoms. The van der Waals surface area contributed by atoms with Crippen LogP contribution in [-0.4, -0.2) is 56.7 Å². The number of rotatable bonds is 7. The van der Waals surface area contributed by atoms with E-state index in [9.17, 15) is 14.4 Å². The number of nitrogens with zero attached hydrogens (tertiary/aromatic N) is 2. The average molecular weight is 445 g/mol. The van der Waals surface area contributed by atoms with Gasteiger partial charge in [0, 0.05) is 10.8 Å². The van der Waals surface area contributed by atoms with Crippen LogP contribution >= 0.6 is 11.8 Å². The first kappa shape index (κ1) is 21.2. The summed E-state index contributed by atoms with van der Waals surface area (Å²) in [6.07, 6.45) is 0. The van der Waals surface area contributed by atoms with Crippen LogP contribution in [0.1, 0.15) is 25.3 Å². The first-order valence-electron chi connectivity index (χ1n) is 9.82. The van der Waals surface area contributed by atoms with Crippen LogP contribution in [0.3, 0.4) is 0 Å². The van der Waals surface area contributed by atoms with Gasteiger partial charge in [-0.1, -0.05) is 23.4 Å². The molecule has 0 saturated carbocycles. The van der Waals surface area contributed by atoms with Gasteiger partial charge in [0.25, 0.3) is 5.91 Å². The number of benzene rings is 1. The number of carbonyl (C=O) groups is 3. The number of β-lactam (4-membered cyclic amide) rings is 1. The van der Waals surface area contributed by atoms with Crippen LogP contribution in [0.25, 0.3) is 0 Å². The number of nitrogens with one attached hydrogen (secondary N) is 1. The predicted octanol–water partition coefficient (Wildman–Crippen LogP) is 1.65. The molecule has 31 heavy (non-hydrogen) atoms. The molecule has 3 heterocycles. The average Bonchev–Trinajstić information content (AvgIpc) is 3.27. The van der Waals surface area contributed by atoms with E-state index in [0.29, 0.717) is 17.2 Å². The van der Waals surface area contributed by atoms with E-state index in [1.165, 1.54) is 16.7 Å². The minimum atomic E-state index is -0.753. The van der Waals surface area contributed by atoms with E-state index in [1.54, 1.807) is 37.3 Å². The predicted molar refractivity (Wildman–Crippen MR) is 111 cm³/mol. The van der Waals surface area contributed by atoms with Crippen LogP contribution < -0.4 is 10.1 Å². The zero-order valence-corrected chi connectivity index (χ0v) is 18.2. The fourth-order valence-corrected chi connectivity index (χ4v) is 5.34. The van der Waals surface area contributed by atoms with E-state index in [1.807, 2.05) is 19.9 Å². The van der Waals surface area contributed by atoms with Crippen LogP contribution in [0.4, 0.5) is 0 Å². The molecule has 1 N–H and O–H groups in total.